The van der Waals surface area contributed by atoms with Gasteiger partial charge in [-0.15, -0.1) is 0 Å². The molecule has 0 saturated carbocycles. The molecule has 0 radical (unpaired) electrons. The average molecular weight is 389 g/mol. The Morgan fingerprint density at radius 3 is 2.54 bits per heavy atom. The van der Waals surface area contributed by atoms with Crippen LogP contribution in [-0.4, -0.2) is 9.55 Å². The Kier molecular flexibility index (Phi) is 5.05. The summed E-state index contributed by atoms with van der Waals surface area (Å²) >= 11 is 3.22. The molecule has 0 fully saturated rings. The molecule has 1 aromatic heterocycles. The van der Waals surface area contributed by atoms with Gasteiger partial charge in [-0.25, -0.2) is 9.37 Å². The van der Waals surface area contributed by atoms with Gasteiger partial charge in [0.2, 0.25) is 5.88 Å². The third kappa shape index (κ3) is 3.71. The zero-order valence-corrected chi connectivity index (χ0v) is 14.2. The monoisotopic (exact) mass is 388 g/mol. The molecular formula is C18H14BrFN2O2. The van der Waals surface area contributed by atoms with Crippen LogP contribution in [-0.2, 0) is 13.2 Å². The minimum absolute atomic E-state index is 0.107. The molecule has 24 heavy (non-hydrogen) atoms. The van der Waals surface area contributed by atoms with Crippen LogP contribution in [0.3, 0.4) is 0 Å². The highest BCUT2D eigenvalue weighted by atomic mass is 79.9. The minimum Gasteiger partial charge on any atom is -0.472 e. The van der Waals surface area contributed by atoms with Gasteiger partial charge in [0.05, 0.1) is 6.54 Å². The van der Waals surface area contributed by atoms with E-state index < -0.39 is 0 Å². The van der Waals surface area contributed by atoms with Gasteiger partial charge in [0.1, 0.15) is 23.2 Å². The molecule has 3 aromatic rings. The Hall–Kier alpha value is -2.47. The molecule has 2 aromatic carbocycles. The highest BCUT2D eigenvalue weighted by Crippen LogP contribution is 2.19. The molecule has 0 atom stereocenters. The lowest BCUT2D eigenvalue weighted by Crippen LogP contribution is -2.23. The first-order valence-electron chi connectivity index (χ1n) is 7.30. The molecule has 0 saturated heterocycles. The van der Waals surface area contributed by atoms with E-state index in [0.29, 0.717) is 12.2 Å². The van der Waals surface area contributed by atoms with Crippen molar-refractivity contribution in [2.45, 2.75) is 13.2 Å². The fraction of sp³-hybridized carbons (Fsp3) is 0.111. The number of halogens is 2. The van der Waals surface area contributed by atoms with Crippen LogP contribution in [0.4, 0.5) is 4.39 Å². The van der Waals surface area contributed by atoms with Crippen LogP contribution in [0.5, 0.6) is 5.88 Å². The van der Waals surface area contributed by atoms with Gasteiger partial charge in [-0.2, -0.15) is 0 Å². The normalized spacial score (nSPS) is 10.6. The average Bonchev–Trinajstić information content (AvgIpc) is 2.61. The highest BCUT2D eigenvalue weighted by molar-refractivity contribution is 9.10. The van der Waals surface area contributed by atoms with Gasteiger partial charge in [-0.3, -0.25) is 9.36 Å². The molecule has 4 nitrogen and oxygen atoms in total. The Morgan fingerprint density at radius 2 is 1.79 bits per heavy atom. The predicted molar refractivity (Wildman–Crippen MR) is 92.5 cm³/mol. The summed E-state index contributed by atoms with van der Waals surface area (Å²) in [6, 6.07) is 15.9. The summed E-state index contributed by atoms with van der Waals surface area (Å²) < 4.78 is 20.9. The van der Waals surface area contributed by atoms with Gasteiger partial charge in [-0.1, -0.05) is 48.5 Å². The standard InChI is InChI=1S/C18H14BrFN2O2/c19-16-17(24-11-13-6-2-1-3-7-13)21-12-22(18(16)23)10-14-8-4-5-9-15(14)20/h1-9,12H,10-11H2. The van der Waals surface area contributed by atoms with E-state index in [9.17, 15) is 9.18 Å². The SMILES string of the molecule is O=c1c(Br)c(OCc2ccccc2)ncn1Cc1ccccc1F. The third-order valence-electron chi connectivity index (χ3n) is 3.47. The third-order valence-corrected chi connectivity index (χ3v) is 4.15. The maximum absolute atomic E-state index is 13.7. The van der Waals surface area contributed by atoms with Crippen molar-refractivity contribution in [1.82, 2.24) is 9.55 Å². The second-order valence-corrected chi connectivity index (χ2v) is 5.96. The van der Waals surface area contributed by atoms with E-state index in [-0.39, 0.29) is 28.3 Å². The van der Waals surface area contributed by atoms with E-state index in [1.54, 1.807) is 18.2 Å². The zero-order valence-electron chi connectivity index (χ0n) is 12.7. The summed E-state index contributed by atoms with van der Waals surface area (Å²) in [5.74, 6) is -0.140. The summed E-state index contributed by atoms with van der Waals surface area (Å²) in [4.78, 5) is 16.5. The molecule has 0 spiro atoms. The molecule has 122 valence electrons. The summed E-state index contributed by atoms with van der Waals surface area (Å²) in [6.07, 6.45) is 1.36. The number of rotatable bonds is 5. The Morgan fingerprint density at radius 1 is 1.08 bits per heavy atom. The van der Waals surface area contributed by atoms with Crippen molar-refractivity contribution in [3.63, 3.8) is 0 Å². The molecule has 1 heterocycles. The van der Waals surface area contributed by atoms with E-state index in [1.807, 2.05) is 30.3 Å². The topological polar surface area (TPSA) is 44.1 Å². The maximum atomic E-state index is 13.7. The predicted octanol–water partition coefficient (Wildman–Crippen LogP) is 3.77. The van der Waals surface area contributed by atoms with Gasteiger partial charge < -0.3 is 4.74 Å². The van der Waals surface area contributed by atoms with E-state index >= 15 is 0 Å². The van der Waals surface area contributed by atoms with Crippen LogP contribution >= 0.6 is 15.9 Å². The van der Waals surface area contributed by atoms with Crippen molar-refractivity contribution in [1.29, 1.82) is 0 Å². The number of hydrogen-bond donors (Lipinski definition) is 0. The molecule has 6 heteroatoms. The van der Waals surface area contributed by atoms with Gasteiger partial charge in [0, 0.05) is 5.56 Å². The quantitative estimate of drug-likeness (QED) is 0.667. The maximum Gasteiger partial charge on any atom is 0.271 e. The van der Waals surface area contributed by atoms with Crippen LogP contribution < -0.4 is 10.3 Å². The molecule has 0 amide bonds. The number of ether oxygens (including phenoxy) is 1. The van der Waals surface area contributed by atoms with Gasteiger partial charge in [0.25, 0.3) is 5.56 Å². The fourth-order valence-corrected chi connectivity index (χ4v) is 2.64. The second-order valence-electron chi connectivity index (χ2n) is 5.16. The highest BCUT2D eigenvalue weighted by Gasteiger charge is 2.12. The number of benzene rings is 2. The molecule has 0 aliphatic rings. The van der Waals surface area contributed by atoms with Crippen molar-refractivity contribution < 1.29 is 9.13 Å². The molecule has 0 aliphatic heterocycles. The lowest BCUT2D eigenvalue weighted by Gasteiger charge is -2.10. The van der Waals surface area contributed by atoms with Gasteiger partial charge in [0.15, 0.2) is 0 Å². The lowest BCUT2D eigenvalue weighted by molar-refractivity contribution is 0.289. The molecular weight excluding hydrogens is 375 g/mol. The summed E-state index contributed by atoms with van der Waals surface area (Å²) in [5, 5.41) is 0. The first kappa shape index (κ1) is 16.4. The largest absolute Gasteiger partial charge is 0.472 e. The van der Waals surface area contributed by atoms with E-state index in [1.165, 1.54) is 17.0 Å². The van der Waals surface area contributed by atoms with Crippen LogP contribution in [0.15, 0.2) is 70.2 Å². The molecule has 3 rings (SSSR count). The molecule has 0 unspecified atom stereocenters. The fourth-order valence-electron chi connectivity index (χ4n) is 2.20. The summed E-state index contributed by atoms with van der Waals surface area (Å²) in [6.45, 7) is 0.416. The minimum atomic E-state index is -0.357. The number of nitrogens with zero attached hydrogens (tertiary/aromatic N) is 2. The van der Waals surface area contributed by atoms with E-state index in [4.69, 9.17) is 4.74 Å². The molecule has 0 aliphatic carbocycles. The number of aromatic nitrogens is 2. The van der Waals surface area contributed by atoms with Gasteiger partial charge >= 0.3 is 0 Å². The zero-order chi connectivity index (χ0) is 16.9. The van der Waals surface area contributed by atoms with Gasteiger partial charge in [-0.05, 0) is 27.6 Å². The van der Waals surface area contributed by atoms with Crippen molar-refractivity contribution in [3.8, 4) is 5.88 Å². The van der Waals surface area contributed by atoms with Crippen molar-refractivity contribution >= 4 is 15.9 Å². The van der Waals surface area contributed by atoms with Crippen molar-refractivity contribution in [2.24, 2.45) is 0 Å². The summed E-state index contributed by atoms with van der Waals surface area (Å²) in [7, 11) is 0. The number of hydrogen-bond acceptors (Lipinski definition) is 3. The lowest BCUT2D eigenvalue weighted by atomic mass is 10.2. The Bertz CT molecular complexity index is 897. The van der Waals surface area contributed by atoms with Crippen molar-refractivity contribution in [2.75, 3.05) is 0 Å². The Labute approximate surface area is 146 Å². The van der Waals surface area contributed by atoms with E-state index in [2.05, 4.69) is 20.9 Å². The molecule has 0 N–H and O–H groups in total. The molecule has 0 bridgehead atoms. The first-order valence-corrected chi connectivity index (χ1v) is 8.09. The van der Waals surface area contributed by atoms with Crippen LogP contribution in [0.1, 0.15) is 11.1 Å². The van der Waals surface area contributed by atoms with Crippen LogP contribution in [0, 0.1) is 5.82 Å². The van der Waals surface area contributed by atoms with Crippen molar-refractivity contribution in [3.05, 3.63) is 92.7 Å². The van der Waals surface area contributed by atoms with E-state index in [0.717, 1.165) is 5.56 Å². The smallest absolute Gasteiger partial charge is 0.271 e. The summed E-state index contributed by atoms with van der Waals surface area (Å²) in [5.41, 5.74) is 1.07. The Balaban J connectivity index is 1.79. The first-order chi connectivity index (χ1) is 11.6. The second kappa shape index (κ2) is 7.40. The van der Waals surface area contributed by atoms with Crippen LogP contribution in [0.25, 0.3) is 0 Å². The van der Waals surface area contributed by atoms with Crippen LogP contribution in [0.2, 0.25) is 0 Å².